The van der Waals surface area contributed by atoms with Gasteiger partial charge in [0.05, 0.1) is 12.1 Å². The molecule has 4 heteroatoms. The van der Waals surface area contributed by atoms with Gasteiger partial charge in [-0.3, -0.25) is 4.84 Å². The lowest BCUT2D eigenvalue weighted by Gasteiger charge is -2.26. The molecule has 0 amide bonds. The van der Waals surface area contributed by atoms with Gasteiger partial charge in [-0.25, -0.2) is 0 Å². The van der Waals surface area contributed by atoms with Crippen LogP contribution in [-0.2, 0) is 4.84 Å². The summed E-state index contributed by atoms with van der Waals surface area (Å²) in [5, 5.41) is 1.49. The first-order chi connectivity index (χ1) is 8.75. The third-order valence-electron chi connectivity index (χ3n) is 4.93. The van der Waals surface area contributed by atoms with Gasteiger partial charge in [0.15, 0.2) is 0 Å². The Kier molecular flexibility index (Phi) is 2.63. The number of benzene rings is 1. The topological polar surface area (TPSA) is 21.3 Å². The maximum absolute atomic E-state index is 6.32. The summed E-state index contributed by atoms with van der Waals surface area (Å²) in [6.07, 6.45) is 4.32. The van der Waals surface area contributed by atoms with Crippen LogP contribution in [0.25, 0.3) is 0 Å². The molecule has 2 saturated carbocycles. The Bertz CT molecular complexity index is 472. The van der Waals surface area contributed by atoms with Gasteiger partial charge in [0.2, 0.25) is 0 Å². The number of hydrogen-bond acceptors (Lipinski definition) is 2. The van der Waals surface area contributed by atoms with Gasteiger partial charge in [0.1, 0.15) is 0 Å². The van der Waals surface area contributed by atoms with Crippen LogP contribution in [0.2, 0.25) is 10.0 Å². The van der Waals surface area contributed by atoms with Gasteiger partial charge in [-0.2, -0.15) is 5.48 Å². The van der Waals surface area contributed by atoms with E-state index < -0.39 is 0 Å². The van der Waals surface area contributed by atoms with E-state index in [2.05, 4.69) is 5.48 Å². The standard InChI is InChI=1S/C14H15Cl2NO/c15-9-2-1-3-10(16)12(9)13-11-7-4-5-8(6-7)14(11)18-17-13/h1-3,7-8,11,13-14,17H,4-6H2/t7-,8+,11-,13-,14-/m0/s1. The second-order valence-corrected chi connectivity index (χ2v) is 6.54. The Morgan fingerprint density at radius 1 is 1.11 bits per heavy atom. The number of rotatable bonds is 1. The summed E-state index contributed by atoms with van der Waals surface area (Å²) in [4.78, 5) is 5.82. The Hall–Kier alpha value is -0.280. The van der Waals surface area contributed by atoms with Crippen molar-refractivity contribution < 1.29 is 4.84 Å². The fraction of sp³-hybridized carbons (Fsp3) is 0.571. The lowest BCUT2D eigenvalue weighted by atomic mass is 9.80. The third kappa shape index (κ3) is 1.50. The SMILES string of the molecule is Clc1cccc(Cl)c1[C@H]1NO[C@H]2[C@@H]3CC[C@@H](C3)[C@H]21. The van der Waals surface area contributed by atoms with Gasteiger partial charge in [0.25, 0.3) is 0 Å². The van der Waals surface area contributed by atoms with E-state index in [1.54, 1.807) is 0 Å². The average molecular weight is 284 g/mol. The van der Waals surface area contributed by atoms with Gasteiger partial charge in [-0.05, 0) is 43.2 Å². The van der Waals surface area contributed by atoms with Crippen molar-refractivity contribution in [3.05, 3.63) is 33.8 Å². The zero-order chi connectivity index (χ0) is 12.3. The highest BCUT2D eigenvalue weighted by Crippen LogP contribution is 2.57. The molecule has 0 radical (unpaired) electrons. The molecule has 1 aromatic rings. The lowest BCUT2D eigenvalue weighted by Crippen LogP contribution is -2.26. The molecule has 96 valence electrons. The van der Waals surface area contributed by atoms with Crippen molar-refractivity contribution in [1.29, 1.82) is 0 Å². The zero-order valence-corrected chi connectivity index (χ0v) is 11.4. The molecule has 3 aliphatic rings. The third-order valence-corrected chi connectivity index (χ3v) is 5.59. The smallest absolute Gasteiger partial charge is 0.0868 e. The van der Waals surface area contributed by atoms with E-state index in [1.807, 2.05) is 18.2 Å². The Labute approximate surface area is 117 Å². The van der Waals surface area contributed by atoms with Crippen LogP contribution in [0.1, 0.15) is 30.9 Å². The predicted molar refractivity (Wildman–Crippen MR) is 71.5 cm³/mol. The van der Waals surface area contributed by atoms with Crippen LogP contribution in [0.5, 0.6) is 0 Å². The molecule has 1 saturated heterocycles. The second-order valence-electron chi connectivity index (χ2n) is 5.72. The maximum Gasteiger partial charge on any atom is 0.0868 e. The number of nitrogens with one attached hydrogen (secondary N) is 1. The molecule has 1 aromatic carbocycles. The molecule has 2 bridgehead atoms. The summed E-state index contributed by atoms with van der Waals surface area (Å²) in [5.74, 6) is 2.05. The molecule has 0 unspecified atom stereocenters. The zero-order valence-electron chi connectivity index (χ0n) is 9.90. The number of halogens is 2. The lowest BCUT2D eigenvalue weighted by molar-refractivity contribution is -0.00732. The molecular formula is C14H15Cl2NO. The Morgan fingerprint density at radius 3 is 2.61 bits per heavy atom. The highest BCUT2D eigenvalue weighted by molar-refractivity contribution is 6.36. The normalized spacial score (nSPS) is 41.3. The van der Waals surface area contributed by atoms with Crippen molar-refractivity contribution in [2.24, 2.45) is 17.8 Å². The van der Waals surface area contributed by atoms with E-state index in [1.165, 1.54) is 19.3 Å². The maximum atomic E-state index is 6.32. The van der Waals surface area contributed by atoms with E-state index in [4.69, 9.17) is 28.0 Å². The first kappa shape index (κ1) is 11.5. The molecule has 4 rings (SSSR count). The summed E-state index contributed by atoms with van der Waals surface area (Å²) >= 11 is 12.6. The molecule has 1 heterocycles. The summed E-state index contributed by atoms with van der Waals surface area (Å²) in [6, 6.07) is 5.87. The molecule has 2 aliphatic carbocycles. The molecule has 0 spiro atoms. The van der Waals surface area contributed by atoms with Crippen LogP contribution in [0.4, 0.5) is 0 Å². The summed E-state index contributed by atoms with van der Waals surface area (Å²) < 4.78 is 0. The Morgan fingerprint density at radius 2 is 1.83 bits per heavy atom. The highest BCUT2D eigenvalue weighted by Gasteiger charge is 2.55. The second kappa shape index (κ2) is 4.11. The van der Waals surface area contributed by atoms with Crippen molar-refractivity contribution in [3.63, 3.8) is 0 Å². The van der Waals surface area contributed by atoms with Gasteiger partial charge in [0, 0.05) is 21.5 Å². The van der Waals surface area contributed by atoms with Gasteiger partial charge < -0.3 is 0 Å². The largest absolute Gasteiger partial charge is 0.297 e. The minimum Gasteiger partial charge on any atom is -0.297 e. The van der Waals surface area contributed by atoms with E-state index >= 15 is 0 Å². The average Bonchev–Trinajstić information content (AvgIpc) is 3.00. The highest BCUT2D eigenvalue weighted by atomic mass is 35.5. The molecule has 3 fully saturated rings. The molecule has 5 atom stereocenters. The van der Waals surface area contributed by atoms with E-state index in [0.717, 1.165) is 27.4 Å². The molecule has 1 N–H and O–H groups in total. The van der Waals surface area contributed by atoms with Crippen LogP contribution < -0.4 is 5.48 Å². The van der Waals surface area contributed by atoms with Gasteiger partial charge in [-0.15, -0.1) is 0 Å². The number of hydrogen-bond donors (Lipinski definition) is 1. The van der Waals surface area contributed by atoms with Crippen LogP contribution in [0, 0.1) is 17.8 Å². The summed E-state index contributed by atoms with van der Waals surface area (Å²) in [6.45, 7) is 0. The Balaban J connectivity index is 1.74. The van der Waals surface area contributed by atoms with Gasteiger partial charge >= 0.3 is 0 Å². The fourth-order valence-corrected chi connectivity index (χ4v) is 4.84. The van der Waals surface area contributed by atoms with Crippen LogP contribution in [-0.4, -0.2) is 6.10 Å². The van der Waals surface area contributed by atoms with Crippen molar-refractivity contribution in [3.8, 4) is 0 Å². The summed E-state index contributed by atoms with van der Waals surface area (Å²) in [5.41, 5.74) is 4.20. The number of fused-ring (bicyclic) bond motifs is 5. The first-order valence-electron chi connectivity index (χ1n) is 6.61. The van der Waals surface area contributed by atoms with Crippen molar-refractivity contribution in [2.45, 2.75) is 31.4 Å². The van der Waals surface area contributed by atoms with Crippen molar-refractivity contribution in [1.82, 2.24) is 5.48 Å². The van der Waals surface area contributed by atoms with Crippen molar-refractivity contribution >= 4 is 23.2 Å². The van der Waals surface area contributed by atoms with Crippen LogP contribution in [0.15, 0.2) is 18.2 Å². The van der Waals surface area contributed by atoms with Crippen molar-refractivity contribution in [2.75, 3.05) is 0 Å². The van der Waals surface area contributed by atoms with Crippen LogP contribution in [0.3, 0.4) is 0 Å². The molecule has 1 aliphatic heterocycles. The van der Waals surface area contributed by atoms with E-state index in [0.29, 0.717) is 12.0 Å². The quantitative estimate of drug-likeness (QED) is 0.842. The molecule has 2 nitrogen and oxygen atoms in total. The molecule has 18 heavy (non-hydrogen) atoms. The first-order valence-corrected chi connectivity index (χ1v) is 7.36. The van der Waals surface area contributed by atoms with E-state index in [9.17, 15) is 0 Å². The minimum atomic E-state index is 0.159. The predicted octanol–water partition coefficient (Wildman–Crippen LogP) is 3.98. The monoisotopic (exact) mass is 283 g/mol. The molecular weight excluding hydrogens is 269 g/mol. The van der Waals surface area contributed by atoms with Crippen LogP contribution >= 0.6 is 23.2 Å². The number of hydroxylamine groups is 1. The summed E-state index contributed by atoms with van der Waals surface area (Å²) in [7, 11) is 0. The molecule has 0 aromatic heterocycles. The minimum absolute atomic E-state index is 0.159. The fourth-order valence-electron chi connectivity index (χ4n) is 4.21. The van der Waals surface area contributed by atoms with E-state index in [-0.39, 0.29) is 6.04 Å². The van der Waals surface area contributed by atoms with Gasteiger partial charge in [-0.1, -0.05) is 29.3 Å².